The Morgan fingerprint density at radius 1 is 1.03 bits per heavy atom. The average Bonchev–Trinajstić information content (AvgIpc) is 2.99. The highest BCUT2D eigenvalue weighted by atomic mass is 16.4. The fourth-order valence-electron chi connectivity index (χ4n) is 5.14. The lowest BCUT2D eigenvalue weighted by Crippen LogP contribution is -2.57. The molecular weight excluding hydrogens is 484 g/mol. The lowest BCUT2D eigenvalue weighted by Gasteiger charge is -2.32. The number of Topliss-reactive ketones (excluding diaryl/α,β-unsaturated/α-hetero) is 1. The predicted molar refractivity (Wildman–Crippen MR) is 145 cm³/mol. The molecule has 4 N–H and O–H groups in total. The molecule has 3 amide bonds. The molecule has 2 atom stereocenters. The first kappa shape index (κ1) is 27.3. The summed E-state index contributed by atoms with van der Waals surface area (Å²) in [5, 5.41) is 18.0. The monoisotopic (exact) mass is 520 g/mol. The molecule has 0 spiro atoms. The molecule has 1 fully saturated rings. The minimum atomic E-state index is -1.11. The lowest BCUT2D eigenvalue weighted by atomic mass is 9.80. The normalized spacial score (nSPS) is 20.3. The second kappa shape index (κ2) is 11.3. The molecule has 9 nitrogen and oxygen atoms in total. The van der Waals surface area contributed by atoms with E-state index in [0.29, 0.717) is 5.69 Å². The van der Waals surface area contributed by atoms with Gasteiger partial charge in [-0.25, -0.2) is 9.59 Å². The number of carbonyl (C=O) groups is 4. The van der Waals surface area contributed by atoms with E-state index in [0.717, 1.165) is 31.2 Å². The maximum absolute atomic E-state index is 13.9. The van der Waals surface area contributed by atoms with Gasteiger partial charge in [0.15, 0.2) is 11.9 Å². The summed E-state index contributed by atoms with van der Waals surface area (Å²) in [5.74, 6) is -1.36. The zero-order valence-corrected chi connectivity index (χ0v) is 22.1. The third-order valence-corrected chi connectivity index (χ3v) is 7.32. The Labute approximate surface area is 223 Å². The second-order valence-corrected chi connectivity index (χ2v) is 11.1. The Morgan fingerprint density at radius 3 is 2.42 bits per heavy atom. The highest BCUT2D eigenvalue weighted by Crippen LogP contribution is 2.40. The van der Waals surface area contributed by atoms with Gasteiger partial charge in [-0.05, 0) is 48.6 Å². The Bertz CT molecular complexity index is 1220. The molecule has 1 aliphatic heterocycles. The van der Waals surface area contributed by atoms with Crippen molar-refractivity contribution in [3.05, 3.63) is 59.7 Å². The number of rotatable bonds is 6. The van der Waals surface area contributed by atoms with Gasteiger partial charge in [0.25, 0.3) is 5.91 Å². The molecule has 0 radical (unpaired) electrons. The molecule has 0 bridgehead atoms. The molecule has 4 rings (SSSR count). The quantitative estimate of drug-likeness (QED) is 0.437. The summed E-state index contributed by atoms with van der Waals surface area (Å²) in [6.45, 7) is 5.35. The fraction of sp³-hybridized carbons (Fsp3) is 0.448. The molecule has 1 unspecified atom stereocenters. The maximum Gasteiger partial charge on any atom is 0.335 e. The topological polar surface area (TPSA) is 128 Å². The summed E-state index contributed by atoms with van der Waals surface area (Å²) in [6.07, 6.45) is 4.29. The minimum absolute atomic E-state index is 0.0335. The van der Waals surface area contributed by atoms with Gasteiger partial charge in [0, 0.05) is 22.8 Å². The van der Waals surface area contributed by atoms with Gasteiger partial charge in [-0.2, -0.15) is 0 Å². The van der Waals surface area contributed by atoms with Crippen LogP contribution in [-0.2, 0) is 9.59 Å². The van der Waals surface area contributed by atoms with E-state index in [1.54, 1.807) is 6.07 Å². The summed E-state index contributed by atoms with van der Waals surface area (Å²) in [6, 6.07) is 12.7. The van der Waals surface area contributed by atoms with Crippen LogP contribution in [0.15, 0.2) is 48.5 Å². The number of fused-ring (bicyclic) bond motifs is 1. The number of hydrogen-bond acceptors (Lipinski definition) is 5. The number of aromatic carboxylic acids is 1. The zero-order valence-electron chi connectivity index (χ0n) is 22.1. The molecule has 0 aromatic heterocycles. The number of ketones is 1. The summed E-state index contributed by atoms with van der Waals surface area (Å²) >= 11 is 0. The van der Waals surface area contributed by atoms with Crippen LogP contribution < -0.4 is 20.9 Å². The third kappa shape index (κ3) is 6.22. The number of carboxylic acids is 1. The zero-order chi connectivity index (χ0) is 27.4. The van der Waals surface area contributed by atoms with Crippen LogP contribution in [-0.4, -0.2) is 41.5 Å². The Kier molecular flexibility index (Phi) is 8.16. The molecule has 1 aliphatic carbocycles. The summed E-state index contributed by atoms with van der Waals surface area (Å²) < 4.78 is 0. The van der Waals surface area contributed by atoms with Gasteiger partial charge >= 0.3 is 12.0 Å². The summed E-state index contributed by atoms with van der Waals surface area (Å²) in [4.78, 5) is 52.8. The van der Waals surface area contributed by atoms with Crippen molar-refractivity contribution in [3.8, 4) is 0 Å². The van der Waals surface area contributed by atoms with Crippen LogP contribution in [0.5, 0.6) is 0 Å². The van der Waals surface area contributed by atoms with Crippen molar-refractivity contribution < 1.29 is 24.3 Å². The first-order valence-corrected chi connectivity index (χ1v) is 13.1. The fourth-order valence-corrected chi connectivity index (χ4v) is 5.14. The van der Waals surface area contributed by atoms with Crippen molar-refractivity contribution >= 4 is 35.1 Å². The molecule has 2 aliphatic rings. The van der Waals surface area contributed by atoms with E-state index >= 15 is 0 Å². The van der Waals surface area contributed by atoms with Crippen LogP contribution >= 0.6 is 0 Å². The molecule has 2 aromatic carbocycles. The van der Waals surface area contributed by atoms with Gasteiger partial charge in [0.05, 0.1) is 12.1 Å². The van der Waals surface area contributed by atoms with Crippen molar-refractivity contribution in [1.82, 2.24) is 10.6 Å². The molecule has 9 heteroatoms. The molecule has 1 saturated carbocycles. The van der Waals surface area contributed by atoms with E-state index in [1.165, 1.54) is 29.5 Å². The first-order valence-electron chi connectivity index (χ1n) is 13.1. The molecular formula is C29H36N4O5. The van der Waals surface area contributed by atoms with Crippen molar-refractivity contribution in [3.63, 3.8) is 0 Å². The SMILES string of the molecule is CC(C)(C)C(=O)CN1C(=O)C(NC(=O)Nc2cccc(C(=O)O)c2)N[C@H](C2CCCCC2)c2ccccc21. The van der Waals surface area contributed by atoms with Crippen LogP contribution in [0.3, 0.4) is 0 Å². The molecule has 0 saturated heterocycles. The van der Waals surface area contributed by atoms with E-state index in [9.17, 15) is 24.3 Å². The number of amides is 3. The largest absolute Gasteiger partial charge is 0.478 e. The number of carboxylic acid groups (broad SMARTS) is 1. The number of nitrogens with zero attached hydrogens (tertiary/aromatic N) is 1. The number of para-hydroxylation sites is 1. The van der Waals surface area contributed by atoms with Crippen LogP contribution in [0, 0.1) is 11.3 Å². The average molecular weight is 521 g/mol. The second-order valence-electron chi connectivity index (χ2n) is 11.1. The van der Waals surface area contributed by atoms with Gasteiger partial charge < -0.3 is 20.6 Å². The predicted octanol–water partition coefficient (Wildman–Crippen LogP) is 4.71. The van der Waals surface area contributed by atoms with Gasteiger partial charge in [-0.1, -0.05) is 64.3 Å². The van der Waals surface area contributed by atoms with Crippen molar-refractivity contribution in [2.75, 3.05) is 16.8 Å². The lowest BCUT2D eigenvalue weighted by molar-refractivity contribution is -0.128. The van der Waals surface area contributed by atoms with Crippen LogP contribution in [0.4, 0.5) is 16.2 Å². The van der Waals surface area contributed by atoms with Gasteiger partial charge in [-0.3, -0.25) is 14.9 Å². The summed E-state index contributed by atoms with van der Waals surface area (Å²) in [7, 11) is 0. The summed E-state index contributed by atoms with van der Waals surface area (Å²) in [5.41, 5.74) is 1.29. The van der Waals surface area contributed by atoms with Gasteiger partial charge in [0.2, 0.25) is 0 Å². The van der Waals surface area contributed by atoms with E-state index in [-0.39, 0.29) is 35.5 Å². The Morgan fingerprint density at radius 2 is 1.74 bits per heavy atom. The number of carbonyl (C=O) groups excluding carboxylic acids is 3. The molecule has 202 valence electrons. The Balaban J connectivity index is 1.65. The first-order chi connectivity index (χ1) is 18.0. The number of anilines is 2. The van der Waals surface area contributed by atoms with Crippen LogP contribution in [0.25, 0.3) is 0 Å². The third-order valence-electron chi connectivity index (χ3n) is 7.32. The van der Waals surface area contributed by atoms with Gasteiger partial charge in [0.1, 0.15) is 0 Å². The van der Waals surface area contributed by atoms with Gasteiger partial charge in [-0.15, -0.1) is 0 Å². The minimum Gasteiger partial charge on any atom is -0.478 e. The number of benzene rings is 2. The standard InChI is InChI=1S/C29H36N4O5/c1-29(2,3)23(34)17-33-22-15-8-7-14-21(22)24(18-10-5-4-6-11-18)31-25(26(33)35)32-28(38)30-20-13-9-12-19(16-20)27(36)37/h7-9,12-16,18,24-25,31H,4-6,10-11,17H2,1-3H3,(H,36,37)(H2,30,32,38)/t24-,25?/m1/s1. The van der Waals surface area contributed by atoms with Crippen LogP contribution in [0.1, 0.15) is 74.8 Å². The van der Waals surface area contributed by atoms with Crippen LogP contribution in [0.2, 0.25) is 0 Å². The van der Waals surface area contributed by atoms with Crippen molar-refractivity contribution in [2.24, 2.45) is 11.3 Å². The highest BCUT2D eigenvalue weighted by molar-refractivity contribution is 6.05. The molecule has 1 heterocycles. The Hall–Kier alpha value is -3.72. The number of hydrogen-bond donors (Lipinski definition) is 4. The van der Waals surface area contributed by atoms with E-state index in [1.807, 2.05) is 45.0 Å². The van der Waals surface area contributed by atoms with Crippen molar-refractivity contribution in [1.29, 1.82) is 0 Å². The van der Waals surface area contributed by atoms with E-state index < -0.39 is 29.5 Å². The van der Waals surface area contributed by atoms with E-state index in [2.05, 4.69) is 16.0 Å². The van der Waals surface area contributed by atoms with E-state index in [4.69, 9.17) is 0 Å². The molecule has 2 aromatic rings. The molecule has 38 heavy (non-hydrogen) atoms. The smallest absolute Gasteiger partial charge is 0.335 e. The van der Waals surface area contributed by atoms with Crippen molar-refractivity contribution in [2.45, 2.75) is 65.1 Å². The number of nitrogens with one attached hydrogen (secondary N) is 3. The maximum atomic E-state index is 13.9. The highest BCUT2D eigenvalue weighted by Gasteiger charge is 2.40. The number of urea groups is 1.